The number of aryl methyl sites for hydroxylation is 1. The predicted octanol–water partition coefficient (Wildman–Crippen LogP) is 3.52. The molecule has 0 aliphatic rings. The summed E-state index contributed by atoms with van der Waals surface area (Å²) in [6, 6.07) is 24.3. The van der Waals surface area contributed by atoms with Crippen molar-refractivity contribution in [3.63, 3.8) is 0 Å². The molecule has 3 aromatic carbocycles. The van der Waals surface area contributed by atoms with Gasteiger partial charge in [0.25, 0.3) is 11.5 Å². The van der Waals surface area contributed by atoms with Crippen LogP contribution in [0.25, 0.3) is 21.8 Å². The lowest BCUT2D eigenvalue weighted by atomic mass is 10.0. The third kappa shape index (κ3) is 3.65. The van der Waals surface area contributed by atoms with Crippen molar-refractivity contribution in [1.82, 2.24) is 25.1 Å². The monoisotopic (exact) mass is 423 g/mol. The molecule has 32 heavy (non-hydrogen) atoms. The van der Waals surface area contributed by atoms with E-state index in [1.807, 2.05) is 54.6 Å². The molecular weight excluding hydrogens is 402 g/mol. The van der Waals surface area contributed by atoms with Crippen molar-refractivity contribution in [1.29, 1.82) is 0 Å². The molecule has 0 aliphatic carbocycles. The summed E-state index contributed by atoms with van der Waals surface area (Å²) in [4.78, 5) is 33.9. The Hall–Kier alpha value is -4.26. The summed E-state index contributed by atoms with van der Waals surface area (Å²) in [5, 5.41) is 8.33. The molecule has 0 bridgehead atoms. The molecule has 7 nitrogen and oxygen atoms in total. The Balaban J connectivity index is 1.55. The van der Waals surface area contributed by atoms with Crippen LogP contribution in [0.4, 0.5) is 0 Å². The molecule has 0 saturated heterocycles. The number of hydrogen-bond donors (Lipinski definition) is 2. The zero-order valence-electron chi connectivity index (χ0n) is 17.4. The number of carbonyl (C=O) groups excluding carboxylic acids is 1. The second-order valence-electron chi connectivity index (χ2n) is 7.68. The fraction of sp³-hybridized carbons (Fsp3) is 0.120. The largest absolute Gasteiger partial charge is 0.340 e. The Labute approximate surface area is 183 Å². The van der Waals surface area contributed by atoms with Gasteiger partial charge in [-0.15, -0.1) is 0 Å². The fourth-order valence-electron chi connectivity index (χ4n) is 3.90. The highest BCUT2D eigenvalue weighted by Crippen LogP contribution is 2.21. The Kier molecular flexibility index (Phi) is 4.99. The highest BCUT2D eigenvalue weighted by atomic mass is 16.2. The standard InChI is InChI=1S/C25H21N5O2/c1-30-25(32)18-12-6-5-11-17(18)22(29-30)24(31)28-21(15-16-9-3-2-4-10-16)23-26-19-13-7-8-14-20(19)27-23/h2-14,21H,15H2,1H3,(H,26,27)(H,28,31). The quantitative estimate of drug-likeness (QED) is 0.452. The number of rotatable bonds is 5. The molecule has 0 aliphatic heterocycles. The van der Waals surface area contributed by atoms with Crippen molar-refractivity contribution in [3.8, 4) is 0 Å². The number of imidazole rings is 1. The number of nitrogens with zero attached hydrogens (tertiary/aromatic N) is 3. The number of carbonyl (C=O) groups is 1. The lowest BCUT2D eigenvalue weighted by Crippen LogP contribution is -2.33. The number of nitrogens with one attached hydrogen (secondary N) is 2. The Morgan fingerprint density at radius 1 is 0.969 bits per heavy atom. The number of amides is 1. The first-order valence-corrected chi connectivity index (χ1v) is 10.4. The van der Waals surface area contributed by atoms with E-state index in [2.05, 4.69) is 15.4 Å². The number of H-pyrrole nitrogens is 1. The van der Waals surface area contributed by atoms with Crippen molar-refractivity contribution in [3.05, 3.63) is 106 Å². The lowest BCUT2D eigenvalue weighted by molar-refractivity contribution is 0.0929. The summed E-state index contributed by atoms with van der Waals surface area (Å²) < 4.78 is 1.20. The van der Waals surface area contributed by atoms with E-state index in [1.54, 1.807) is 31.3 Å². The second-order valence-corrected chi connectivity index (χ2v) is 7.68. The summed E-state index contributed by atoms with van der Waals surface area (Å²) in [5.41, 5.74) is 2.77. The van der Waals surface area contributed by atoms with Gasteiger partial charge in [-0.1, -0.05) is 60.7 Å². The second kappa shape index (κ2) is 8.11. The maximum Gasteiger partial charge on any atom is 0.274 e. The molecule has 1 atom stereocenters. The zero-order valence-corrected chi connectivity index (χ0v) is 17.4. The Morgan fingerprint density at radius 3 is 2.44 bits per heavy atom. The third-order valence-electron chi connectivity index (χ3n) is 5.50. The minimum absolute atomic E-state index is 0.205. The molecule has 158 valence electrons. The average Bonchev–Trinajstić information content (AvgIpc) is 3.26. The number of benzene rings is 3. The fourth-order valence-corrected chi connectivity index (χ4v) is 3.90. The maximum atomic E-state index is 13.4. The lowest BCUT2D eigenvalue weighted by Gasteiger charge is -2.17. The van der Waals surface area contributed by atoms with Crippen LogP contribution >= 0.6 is 0 Å². The molecule has 5 aromatic rings. The van der Waals surface area contributed by atoms with Crippen molar-refractivity contribution in [2.45, 2.75) is 12.5 Å². The maximum absolute atomic E-state index is 13.4. The molecular formula is C25H21N5O2. The van der Waals surface area contributed by atoms with Crippen LogP contribution in [-0.4, -0.2) is 25.7 Å². The van der Waals surface area contributed by atoms with Gasteiger partial charge in [0.2, 0.25) is 0 Å². The topological polar surface area (TPSA) is 92.7 Å². The van der Waals surface area contributed by atoms with Crippen molar-refractivity contribution < 1.29 is 4.79 Å². The molecule has 1 unspecified atom stereocenters. The van der Waals surface area contributed by atoms with Crippen LogP contribution in [0.15, 0.2) is 83.7 Å². The van der Waals surface area contributed by atoms with Crippen molar-refractivity contribution in [2.75, 3.05) is 0 Å². The first-order valence-electron chi connectivity index (χ1n) is 10.4. The van der Waals surface area contributed by atoms with Gasteiger partial charge in [-0.05, 0) is 30.2 Å². The van der Waals surface area contributed by atoms with Gasteiger partial charge in [0, 0.05) is 12.4 Å². The first-order chi connectivity index (χ1) is 15.6. The van der Waals surface area contributed by atoms with E-state index >= 15 is 0 Å². The van der Waals surface area contributed by atoms with Gasteiger partial charge in [-0.2, -0.15) is 5.10 Å². The number of para-hydroxylation sites is 2. The van der Waals surface area contributed by atoms with E-state index in [-0.39, 0.29) is 17.2 Å². The van der Waals surface area contributed by atoms with E-state index < -0.39 is 6.04 Å². The summed E-state index contributed by atoms with van der Waals surface area (Å²) >= 11 is 0. The van der Waals surface area contributed by atoms with Crippen molar-refractivity contribution >= 4 is 27.7 Å². The van der Waals surface area contributed by atoms with Crippen LogP contribution < -0.4 is 10.9 Å². The molecule has 0 spiro atoms. The van der Waals surface area contributed by atoms with Gasteiger partial charge in [-0.25, -0.2) is 9.67 Å². The van der Waals surface area contributed by atoms with Crippen LogP contribution in [0.3, 0.4) is 0 Å². The minimum Gasteiger partial charge on any atom is -0.340 e. The third-order valence-corrected chi connectivity index (χ3v) is 5.50. The molecule has 7 heteroatoms. The summed E-state index contributed by atoms with van der Waals surface area (Å²) in [6.07, 6.45) is 0.552. The van der Waals surface area contributed by atoms with Crippen molar-refractivity contribution in [2.24, 2.45) is 7.05 Å². The number of fused-ring (bicyclic) bond motifs is 2. The van der Waals surface area contributed by atoms with Crippen LogP contribution in [0, 0.1) is 0 Å². The Morgan fingerprint density at radius 2 is 1.66 bits per heavy atom. The first kappa shape index (κ1) is 19.7. The smallest absolute Gasteiger partial charge is 0.274 e. The molecule has 2 heterocycles. The van der Waals surface area contributed by atoms with Crippen LogP contribution in [0.2, 0.25) is 0 Å². The summed E-state index contributed by atoms with van der Waals surface area (Å²) in [7, 11) is 1.55. The number of hydrogen-bond acceptors (Lipinski definition) is 4. The Bertz CT molecular complexity index is 1450. The van der Waals surface area contributed by atoms with Gasteiger partial charge in [-0.3, -0.25) is 9.59 Å². The zero-order chi connectivity index (χ0) is 22.1. The van der Waals surface area contributed by atoms with Crippen LogP contribution in [0.1, 0.15) is 27.9 Å². The van der Waals surface area contributed by atoms with E-state index in [9.17, 15) is 9.59 Å². The van der Waals surface area contributed by atoms with Crippen LogP contribution in [0.5, 0.6) is 0 Å². The highest BCUT2D eigenvalue weighted by Gasteiger charge is 2.23. The molecule has 0 saturated carbocycles. The van der Waals surface area contributed by atoms with Crippen LogP contribution in [-0.2, 0) is 13.5 Å². The number of aromatic nitrogens is 4. The average molecular weight is 423 g/mol. The predicted molar refractivity (Wildman–Crippen MR) is 123 cm³/mol. The van der Waals surface area contributed by atoms with E-state index in [4.69, 9.17) is 4.98 Å². The molecule has 0 fully saturated rings. The van der Waals surface area contributed by atoms with Gasteiger partial charge in [0.1, 0.15) is 5.82 Å². The van der Waals surface area contributed by atoms with E-state index in [0.29, 0.717) is 23.0 Å². The van der Waals surface area contributed by atoms with Gasteiger partial charge in [0.15, 0.2) is 5.69 Å². The highest BCUT2D eigenvalue weighted by molar-refractivity contribution is 6.04. The van der Waals surface area contributed by atoms with Gasteiger partial charge < -0.3 is 10.3 Å². The van der Waals surface area contributed by atoms with Gasteiger partial charge >= 0.3 is 0 Å². The molecule has 2 N–H and O–H groups in total. The SMILES string of the molecule is Cn1nc(C(=O)NC(Cc2ccccc2)c2nc3ccccc3[nH]2)c2ccccc2c1=O. The summed E-state index contributed by atoms with van der Waals surface area (Å²) in [6.45, 7) is 0. The van der Waals surface area contributed by atoms with Gasteiger partial charge in [0.05, 0.1) is 22.5 Å². The minimum atomic E-state index is -0.407. The summed E-state index contributed by atoms with van der Waals surface area (Å²) in [5.74, 6) is 0.302. The van der Waals surface area contributed by atoms with E-state index in [0.717, 1.165) is 16.6 Å². The molecule has 0 radical (unpaired) electrons. The number of aromatic amines is 1. The molecule has 1 amide bonds. The normalized spacial score (nSPS) is 12.2. The van der Waals surface area contributed by atoms with E-state index in [1.165, 1.54) is 4.68 Å². The molecule has 5 rings (SSSR count). The molecule has 2 aromatic heterocycles.